The van der Waals surface area contributed by atoms with Gasteiger partial charge in [0, 0.05) is 12.2 Å². The maximum absolute atomic E-state index is 6.11. The van der Waals surface area contributed by atoms with E-state index >= 15 is 0 Å². The summed E-state index contributed by atoms with van der Waals surface area (Å²) in [7, 11) is 0. The Labute approximate surface area is 101 Å². The van der Waals surface area contributed by atoms with Crippen LogP contribution in [0.15, 0.2) is 6.33 Å². The number of hydrogen-bond donors (Lipinski definition) is 1. The van der Waals surface area contributed by atoms with Crippen LogP contribution in [0.1, 0.15) is 30.4 Å². The predicted octanol–water partition coefficient (Wildman–Crippen LogP) is 1.99. The minimum absolute atomic E-state index is 0.735. The van der Waals surface area contributed by atoms with Gasteiger partial charge < -0.3 is 5.73 Å². The van der Waals surface area contributed by atoms with Gasteiger partial charge in [-0.05, 0) is 27.2 Å². The fourth-order valence-corrected chi connectivity index (χ4v) is 1.92. The molecule has 5 nitrogen and oxygen atoms in total. The minimum atomic E-state index is 0.735. The highest BCUT2D eigenvalue weighted by Crippen LogP contribution is 2.23. The van der Waals surface area contributed by atoms with Gasteiger partial charge in [0.1, 0.15) is 6.33 Å². The third-order valence-electron chi connectivity index (χ3n) is 3.06. The number of aromatic nitrogens is 4. The van der Waals surface area contributed by atoms with Crippen molar-refractivity contribution in [2.75, 3.05) is 5.73 Å². The van der Waals surface area contributed by atoms with Crippen LogP contribution in [0.25, 0.3) is 5.82 Å². The number of anilines is 1. The summed E-state index contributed by atoms with van der Waals surface area (Å²) in [6.45, 7) is 8.97. The molecule has 0 radical (unpaired) electrons. The van der Waals surface area contributed by atoms with Crippen LogP contribution in [0.3, 0.4) is 0 Å². The second kappa shape index (κ2) is 4.24. The summed E-state index contributed by atoms with van der Waals surface area (Å²) in [5, 5.41) is 4.47. The van der Waals surface area contributed by atoms with Crippen LogP contribution < -0.4 is 5.73 Å². The first-order chi connectivity index (χ1) is 8.06. The van der Waals surface area contributed by atoms with Crippen molar-refractivity contribution in [2.24, 2.45) is 0 Å². The van der Waals surface area contributed by atoms with Gasteiger partial charge >= 0.3 is 0 Å². The molecular formula is C12H19N5. The van der Waals surface area contributed by atoms with Gasteiger partial charge in [-0.3, -0.25) is 4.57 Å². The molecule has 0 aromatic carbocycles. The lowest BCUT2D eigenvalue weighted by molar-refractivity contribution is 0.582. The fourth-order valence-electron chi connectivity index (χ4n) is 1.92. The zero-order valence-corrected chi connectivity index (χ0v) is 10.9. The summed E-state index contributed by atoms with van der Waals surface area (Å²) >= 11 is 0. The van der Waals surface area contributed by atoms with Crippen molar-refractivity contribution in [1.82, 2.24) is 19.3 Å². The SMILES string of the molecule is CCCn1nc(C)c(N)c1-n1cnc(C)c1C. The van der Waals surface area contributed by atoms with Gasteiger partial charge in [0.2, 0.25) is 0 Å². The first-order valence-corrected chi connectivity index (χ1v) is 5.90. The monoisotopic (exact) mass is 233 g/mol. The van der Waals surface area contributed by atoms with E-state index in [9.17, 15) is 0 Å². The number of nitrogens with two attached hydrogens (primary N) is 1. The third kappa shape index (κ3) is 1.81. The van der Waals surface area contributed by atoms with E-state index in [0.29, 0.717) is 0 Å². The molecule has 2 N–H and O–H groups in total. The molecule has 0 saturated carbocycles. The maximum Gasteiger partial charge on any atom is 0.160 e. The van der Waals surface area contributed by atoms with Crippen molar-refractivity contribution < 1.29 is 0 Å². The Bertz CT molecular complexity index is 535. The highest BCUT2D eigenvalue weighted by molar-refractivity contribution is 5.58. The molecule has 0 aliphatic carbocycles. The molecule has 0 unspecified atom stereocenters. The largest absolute Gasteiger partial charge is 0.394 e. The molecule has 0 saturated heterocycles. The predicted molar refractivity (Wildman–Crippen MR) is 68.3 cm³/mol. The average Bonchev–Trinajstić information content (AvgIpc) is 2.73. The van der Waals surface area contributed by atoms with E-state index in [4.69, 9.17) is 5.73 Å². The quantitative estimate of drug-likeness (QED) is 0.881. The highest BCUT2D eigenvalue weighted by Gasteiger charge is 2.16. The molecular weight excluding hydrogens is 214 g/mol. The summed E-state index contributed by atoms with van der Waals surface area (Å²) in [6, 6.07) is 0. The number of aryl methyl sites for hydroxylation is 3. The number of imidazole rings is 1. The van der Waals surface area contributed by atoms with Gasteiger partial charge in [-0.25, -0.2) is 9.67 Å². The molecule has 92 valence electrons. The molecule has 2 heterocycles. The standard InChI is InChI=1S/C12H19N5/c1-5-6-17-12(11(13)9(3)15-17)16-7-14-8(2)10(16)4/h7H,5-6,13H2,1-4H3. The molecule has 0 aliphatic rings. The first-order valence-electron chi connectivity index (χ1n) is 5.90. The molecule has 0 atom stereocenters. The van der Waals surface area contributed by atoms with Crippen molar-refractivity contribution in [2.45, 2.75) is 40.7 Å². The van der Waals surface area contributed by atoms with Crippen molar-refractivity contribution in [3.05, 3.63) is 23.4 Å². The number of nitrogens with zero attached hydrogens (tertiary/aromatic N) is 4. The van der Waals surface area contributed by atoms with E-state index in [-0.39, 0.29) is 0 Å². The first kappa shape index (κ1) is 11.7. The number of nitrogen functional groups attached to an aromatic ring is 1. The summed E-state index contributed by atoms with van der Waals surface area (Å²) in [5.41, 5.74) is 9.85. The maximum atomic E-state index is 6.11. The van der Waals surface area contributed by atoms with Crippen molar-refractivity contribution in [3.63, 3.8) is 0 Å². The normalized spacial score (nSPS) is 11.1. The van der Waals surface area contributed by atoms with Gasteiger partial charge in [0.05, 0.1) is 17.1 Å². The molecule has 0 spiro atoms. The summed E-state index contributed by atoms with van der Waals surface area (Å²) in [5.74, 6) is 0.933. The Morgan fingerprint density at radius 3 is 2.47 bits per heavy atom. The zero-order chi connectivity index (χ0) is 12.6. The Balaban J connectivity index is 2.61. The van der Waals surface area contributed by atoms with Crippen LogP contribution >= 0.6 is 0 Å². The minimum Gasteiger partial charge on any atom is -0.394 e. The third-order valence-corrected chi connectivity index (χ3v) is 3.06. The Hall–Kier alpha value is -1.78. The van der Waals surface area contributed by atoms with Crippen LogP contribution in [0.5, 0.6) is 0 Å². The van der Waals surface area contributed by atoms with Crippen molar-refractivity contribution >= 4 is 5.69 Å². The highest BCUT2D eigenvalue weighted by atomic mass is 15.4. The van der Waals surface area contributed by atoms with E-state index < -0.39 is 0 Å². The smallest absolute Gasteiger partial charge is 0.160 e. The van der Waals surface area contributed by atoms with E-state index in [2.05, 4.69) is 17.0 Å². The molecule has 2 aromatic rings. The molecule has 2 rings (SSSR count). The van der Waals surface area contributed by atoms with Crippen LogP contribution in [0.2, 0.25) is 0 Å². The van der Waals surface area contributed by atoms with Gasteiger partial charge in [0.15, 0.2) is 5.82 Å². The van der Waals surface area contributed by atoms with Crippen molar-refractivity contribution in [1.29, 1.82) is 0 Å². The lowest BCUT2D eigenvalue weighted by Crippen LogP contribution is -2.09. The molecule has 17 heavy (non-hydrogen) atoms. The Morgan fingerprint density at radius 2 is 1.94 bits per heavy atom. The van der Waals surface area contributed by atoms with E-state index in [0.717, 1.165) is 41.6 Å². The van der Waals surface area contributed by atoms with Crippen LogP contribution in [-0.4, -0.2) is 19.3 Å². The Morgan fingerprint density at radius 1 is 1.24 bits per heavy atom. The molecule has 0 aliphatic heterocycles. The molecule has 0 amide bonds. The van der Waals surface area contributed by atoms with Gasteiger partial charge in [-0.15, -0.1) is 0 Å². The molecule has 5 heteroatoms. The van der Waals surface area contributed by atoms with E-state index in [1.165, 1.54) is 0 Å². The van der Waals surface area contributed by atoms with Crippen LogP contribution in [-0.2, 0) is 6.54 Å². The average molecular weight is 233 g/mol. The summed E-state index contributed by atoms with van der Waals surface area (Å²) in [6.07, 6.45) is 2.84. The number of rotatable bonds is 3. The number of hydrogen-bond acceptors (Lipinski definition) is 3. The van der Waals surface area contributed by atoms with Gasteiger partial charge in [-0.2, -0.15) is 5.10 Å². The van der Waals surface area contributed by atoms with Crippen molar-refractivity contribution in [3.8, 4) is 5.82 Å². The molecule has 0 fully saturated rings. The van der Waals surface area contributed by atoms with Gasteiger partial charge in [0.25, 0.3) is 0 Å². The summed E-state index contributed by atoms with van der Waals surface area (Å²) < 4.78 is 3.97. The second-order valence-corrected chi connectivity index (χ2v) is 4.33. The lowest BCUT2D eigenvalue weighted by atomic mass is 10.3. The topological polar surface area (TPSA) is 61.7 Å². The Kier molecular flexibility index (Phi) is 2.92. The van der Waals surface area contributed by atoms with Crippen LogP contribution in [0.4, 0.5) is 5.69 Å². The lowest BCUT2D eigenvalue weighted by Gasteiger charge is -2.09. The second-order valence-electron chi connectivity index (χ2n) is 4.33. The zero-order valence-electron chi connectivity index (χ0n) is 10.9. The van der Waals surface area contributed by atoms with Gasteiger partial charge in [-0.1, -0.05) is 6.92 Å². The fraction of sp³-hybridized carbons (Fsp3) is 0.500. The van der Waals surface area contributed by atoms with Crippen LogP contribution in [0, 0.1) is 20.8 Å². The molecule has 0 bridgehead atoms. The van der Waals surface area contributed by atoms with E-state index in [1.54, 1.807) is 0 Å². The van der Waals surface area contributed by atoms with E-state index in [1.807, 2.05) is 36.3 Å². The molecule has 2 aromatic heterocycles. The summed E-state index contributed by atoms with van der Waals surface area (Å²) in [4.78, 5) is 4.31.